The van der Waals surface area contributed by atoms with Gasteiger partial charge in [-0.15, -0.1) is 0 Å². The number of carbonyl (C=O) groups excluding carboxylic acids is 1. The van der Waals surface area contributed by atoms with Gasteiger partial charge in [-0.05, 0) is 31.6 Å². The summed E-state index contributed by atoms with van der Waals surface area (Å²) in [4.78, 5) is 16.5. The highest BCUT2D eigenvalue weighted by molar-refractivity contribution is 6.31. The number of aromatic nitrogens is 4. The van der Waals surface area contributed by atoms with E-state index in [-0.39, 0.29) is 11.9 Å². The highest BCUT2D eigenvalue weighted by Crippen LogP contribution is 2.19. The molecular weight excluding hydrogens is 326 g/mol. The molecule has 0 aromatic carbocycles. The Hall–Kier alpha value is -2.60. The molecule has 0 spiro atoms. The third kappa shape index (κ3) is 3.19. The van der Waals surface area contributed by atoms with Crippen LogP contribution >= 0.6 is 11.6 Å². The second-order valence-electron chi connectivity index (χ2n) is 5.46. The first-order chi connectivity index (χ1) is 11.6. The number of hydrogen-bond donors (Lipinski definition) is 1. The van der Waals surface area contributed by atoms with E-state index in [2.05, 4.69) is 29.2 Å². The molecule has 0 radical (unpaired) electrons. The topological polar surface area (TPSA) is 64.2 Å². The second-order valence-corrected chi connectivity index (χ2v) is 5.82. The zero-order chi connectivity index (χ0) is 17.1. The van der Waals surface area contributed by atoms with Crippen LogP contribution in [0.3, 0.4) is 0 Å². The van der Waals surface area contributed by atoms with Gasteiger partial charge < -0.3 is 5.32 Å². The molecule has 1 N–H and O–H groups in total. The van der Waals surface area contributed by atoms with E-state index in [1.807, 2.05) is 28.8 Å². The molecule has 6 nitrogen and oxygen atoms in total. The molecule has 3 rings (SSSR count). The second kappa shape index (κ2) is 6.88. The number of imidazole rings is 1. The Balaban J connectivity index is 1.78. The number of nitrogens with zero attached hydrogens (tertiary/aromatic N) is 4. The largest absolute Gasteiger partial charge is 0.307 e. The SMILES string of the molecule is CCC(C)n1nccc1NC(=O)/C=C/c1c(Cl)nc2ccccn12. The van der Waals surface area contributed by atoms with Gasteiger partial charge in [-0.3, -0.25) is 9.20 Å². The van der Waals surface area contributed by atoms with E-state index in [4.69, 9.17) is 11.6 Å². The predicted molar refractivity (Wildman–Crippen MR) is 95.1 cm³/mol. The normalized spacial score (nSPS) is 12.8. The maximum atomic E-state index is 12.2. The summed E-state index contributed by atoms with van der Waals surface area (Å²) in [6.45, 7) is 4.13. The molecule has 0 aliphatic heterocycles. The lowest BCUT2D eigenvalue weighted by molar-refractivity contribution is -0.111. The quantitative estimate of drug-likeness (QED) is 0.716. The summed E-state index contributed by atoms with van der Waals surface area (Å²) in [5, 5.41) is 7.44. The van der Waals surface area contributed by atoms with Gasteiger partial charge in [0.2, 0.25) is 5.91 Å². The first-order valence-electron chi connectivity index (χ1n) is 7.75. The standard InChI is InChI=1S/C17H18ClN5O/c1-3-12(2)23-15(9-10-19-23)20-16(24)8-7-13-17(18)21-14-6-4-5-11-22(13)14/h4-12H,3H2,1-2H3,(H,20,24)/b8-7+. The van der Waals surface area contributed by atoms with Gasteiger partial charge in [-0.25, -0.2) is 9.67 Å². The van der Waals surface area contributed by atoms with Crippen molar-refractivity contribution >= 4 is 35.0 Å². The lowest BCUT2D eigenvalue weighted by atomic mass is 10.3. The van der Waals surface area contributed by atoms with Gasteiger partial charge in [-0.2, -0.15) is 5.10 Å². The fraction of sp³-hybridized carbons (Fsp3) is 0.235. The molecule has 3 aromatic heterocycles. The molecule has 0 bridgehead atoms. The Labute approximate surface area is 144 Å². The van der Waals surface area contributed by atoms with E-state index < -0.39 is 0 Å². The highest BCUT2D eigenvalue weighted by atomic mass is 35.5. The van der Waals surface area contributed by atoms with Crippen LogP contribution < -0.4 is 5.32 Å². The van der Waals surface area contributed by atoms with Crippen LogP contribution in [-0.4, -0.2) is 25.1 Å². The van der Waals surface area contributed by atoms with Crippen molar-refractivity contribution in [2.24, 2.45) is 0 Å². The van der Waals surface area contributed by atoms with Crippen LogP contribution in [0.2, 0.25) is 5.15 Å². The first-order valence-corrected chi connectivity index (χ1v) is 8.13. The van der Waals surface area contributed by atoms with Gasteiger partial charge in [0.25, 0.3) is 0 Å². The van der Waals surface area contributed by atoms with E-state index in [1.165, 1.54) is 6.08 Å². The average molecular weight is 344 g/mol. The minimum atomic E-state index is -0.248. The first kappa shape index (κ1) is 16.3. The van der Waals surface area contributed by atoms with Crippen molar-refractivity contribution in [2.45, 2.75) is 26.3 Å². The number of fused-ring (bicyclic) bond motifs is 1. The maximum absolute atomic E-state index is 12.2. The molecule has 3 aromatic rings. The summed E-state index contributed by atoms with van der Waals surface area (Å²) >= 11 is 6.15. The molecule has 0 aliphatic carbocycles. The molecule has 0 saturated heterocycles. The predicted octanol–water partition coefficient (Wildman–Crippen LogP) is 3.81. The molecule has 1 amide bonds. The van der Waals surface area contributed by atoms with Crippen LogP contribution in [-0.2, 0) is 4.79 Å². The monoisotopic (exact) mass is 343 g/mol. The Morgan fingerprint density at radius 3 is 3.04 bits per heavy atom. The van der Waals surface area contributed by atoms with Crippen molar-refractivity contribution in [2.75, 3.05) is 5.32 Å². The van der Waals surface area contributed by atoms with Gasteiger partial charge in [-0.1, -0.05) is 24.6 Å². The molecule has 0 fully saturated rings. The third-order valence-corrected chi connectivity index (χ3v) is 4.12. The van der Waals surface area contributed by atoms with E-state index >= 15 is 0 Å². The molecule has 0 aliphatic rings. The summed E-state index contributed by atoms with van der Waals surface area (Å²) in [7, 11) is 0. The molecule has 1 atom stereocenters. The van der Waals surface area contributed by atoms with Crippen LogP contribution in [0.15, 0.2) is 42.7 Å². The van der Waals surface area contributed by atoms with Gasteiger partial charge >= 0.3 is 0 Å². The number of halogens is 1. The maximum Gasteiger partial charge on any atom is 0.249 e. The van der Waals surface area contributed by atoms with E-state index in [0.29, 0.717) is 16.7 Å². The van der Waals surface area contributed by atoms with Crippen molar-refractivity contribution < 1.29 is 4.79 Å². The number of rotatable bonds is 5. The van der Waals surface area contributed by atoms with Crippen molar-refractivity contribution in [1.82, 2.24) is 19.2 Å². The van der Waals surface area contributed by atoms with Crippen molar-refractivity contribution in [1.29, 1.82) is 0 Å². The fourth-order valence-electron chi connectivity index (χ4n) is 2.40. The molecule has 0 saturated carbocycles. The Bertz CT molecular complexity index is 895. The van der Waals surface area contributed by atoms with Gasteiger partial charge in [0.1, 0.15) is 11.5 Å². The summed E-state index contributed by atoms with van der Waals surface area (Å²) in [5.41, 5.74) is 1.40. The number of carbonyl (C=O) groups is 1. The number of pyridine rings is 1. The number of amides is 1. The minimum absolute atomic E-state index is 0.215. The average Bonchev–Trinajstić information content (AvgIpc) is 3.15. The van der Waals surface area contributed by atoms with Crippen LogP contribution in [0.5, 0.6) is 0 Å². The number of nitrogens with one attached hydrogen (secondary N) is 1. The van der Waals surface area contributed by atoms with E-state index in [0.717, 1.165) is 12.1 Å². The molecule has 124 valence electrons. The molecule has 24 heavy (non-hydrogen) atoms. The summed E-state index contributed by atoms with van der Waals surface area (Å²) < 4.78 is 3.63. The zero-order valence-electron chi connectivity index (χ0n) is 13.5. The number of anilines is 1. The minimum Gasteiger partial charge on any atom is -0.307 e. The van der Waals surface area contributed by atoms with Crippen molar-refractivity contribution in [3.8, 4) is 0 Å². The van der Waals surface area contributed by atoms with Crippen LogP contribution in [0, 0.1) is 0 Å². The van der Waals surface area contributed by atoms with Crippen LogP contribution in [0.1, 0.15) is 32.0 Å². The Kier molecular flexibility index (Phi) is 4.66. The lowest BCUT2D eigenvalue weighted by Gasteiger charge is -2.13. The lowest BCUT2D eigenvalue weighted by Crippen LogP contribution is -2.15. The Morgan fingerprint density at radius 1 is 1.42 bits per heavy atom. The fourth-order valence-corrected chi connectivity index (χ4v) is 2.64. The van der Waals surface area contributed by atoms with Gasteiger partial charge in [0.15, 0.2) is 5.15 Å². The highest BCUT2D eigenvalue weighted by Gasteiger charge is 2.11. The molecule has 3 heterocycles. The third-order valence-electron chi connectivity index (χ3n) is 3.84. The summed E-state index contributed by atoms with van der Waals surface area (Å²) in [6, 6.07) is 7.61. The van der Waals surface area contributed by atoms with E-state index in [9.17, 15) is 4.79 Å². The Morgan fingerprint density at radius 2 is 2.25 bits per heavy atom. The van der Waals surface area contributed by atoms with E-state index in [1.54, 1.807) is 23.0 Å². The van der Waals surface area contributed by atoms with Crippen molar-refractivity contribution in [3.63, 3.8) is 0 Å². The molecule has 1 unspecified atom stereocenters. The van der Waals surface area contributed by atoms with Gasteiger partial charge in [0.05, 0.1) is 17.9 Å². The molecular formula is C17H18ClN5O. The van der Waals surface area contributed by atoms with Crippen LogP contribution in [0.4, 0.5) is 5.82 Å². The van der Waals surface area contributed by atoms with Crippen molar-refractivity contribution in [3.05, 3.63) is 53.6 Å². The smallest absolute Gasteiger partial charge is 0.249 e. The van der Waals surface area contributed by atoms with Crippen LogP contribution in [0.25, 0.3) is 11.7 Å². The summed E-state index contributed by atoms with van der Waals surface area (Å²) in [6.07, 6.45) is 7.55. The molecule has 7 heteroatoms. The zero-order valence-corrected chi connectivity index (χ0v) is 14.2. The van der Waals surface area contributed by atoms with Gasteiger partial charge in [0, 0.05) is 18.3 Å². The number of hydrogen-bond acceptors (Lipinski definition) is 3. The summed E-state index contributed by atoms with van der Waals surface area (Å²) in [5.74, 6) is 0.422.